The van der Waals surface area contributed by atoms with Gasteiger partial charge in [-0.2, -0.15) is 0 Å². The molecule has 0 fully saturated rings. The van der Waals surface area contributed by atoms with E-state index < -0.39 is 0 Å². The van der Waals surface area contributed by atoms with Crippen molar-refractivity contribution < 1.29 is 0 Å². The highest BCUT2D eigenvalue weighted by Crippen LogP contribution is 2.23. The minimum atomic E-state index is 1.06. The molecule has 106 valence electrons. The molecule has 0 aliphatic heterocycles. The van der Waals surface area contributed by atoms with E-state index >= 15 is 0 Å². The lowest BCUT2D eigenvalue weighted by molar-refractivity contribution is 1.46. The molecule has 0 radical (unpaired) electrons. The number of benzene rings is 2. The summed E-state index contributed by atoms with van der Waals surface area (Å²) in [4.78, 5) is 0. The third-order valence-corrected chi connectivity index (χ3v) is 3.42. The van der Waals surface area contributed by atoms with Gasteiger partial charge in [0.25, 0.3) is 0 Å². The van der Waals surface area contributed by atoms with Gasteiger partial charge in [0.2, 0.25) is 0 Å². The van der Waals surface area contributed by atoms with Gasteiger partial charge in [0.15, 0.2) is 0 Å². The van der Waals surface area contributed by atoms with E-state index in [1.807, 2.05) is 19.1 Å². The molecule has 0 saturated carbocycles. The van der Waals surface area contributed by atoms with E-state index in [1.54, 1.807) is 0 Å². The summed E-state index contributed by atoms with van der Waals surface area (Å²) in [6.45, 7) is 10.1. The summed E-state index contributed by atoms with van der Waals surface area (Å²) in [7, 11) is 0. The van der Waals surface area contributed by atoms with E-state index in [2.05, 4.69) is 75.0 Å². The van der Waals surface area contributed by atoms with Crippen LogP contribution < -0.4 is 0 Å². The Morgan fingerprint density at radius 2 is 1.67 bits per heavy atom. The van der Waals surface area contributed by atoms with Crippen molar-refractivity contribution in [2.75, 3.05) is 0 Å². The van der Waals surface area contributed by atoms with Crippen LogP contribution in [-0.4, -0.2) is 0 Å². The summed E-state index contributed by atoms with van der Waals surface area (Å²) >= 11 is 0. The predicted octanol–water partition coefficient (Wildman–Crippen LogP) is 6.20. The average Bonchev–Trinajstić information content (AvgIpc) is 2.47. The molecule has 0 heteroatoms. The molecular weight excluding hydrogens is 252 g/mol. The van der Waals surface area contributed by atoms with E-state index in [1.165, 1.54) is 27.8 Å². The summed E-state index contributed by atoms with van der Waals surface area (Å²) < 4.78 is 0. The molecule has 0 spiro atoms. The molecule has 0 amide bonds. The van der Waals surface area contributed by atoms with E-state index in [4.69, 9.17) is 0 Å². The minimum Gasteiger partial charge on any atom is -0.0961 e. The summed E-state index contributed by atoms with van der Waals surface area (Å²) in [5.74, 6) is 0. The van der Waals surface area contributed by atoms with Crippen molar-refractivity contribution in [2.45, 2.75) is 20.8 Å². The number of hydrogen-bond donors (Lipinski definition) is 0. The van der Waals surface area contributed by atoms with Gasteiger partial charge in [0, 0.05) is 0 Å². The highest BCUT2D eigenvalue weighted by atomic mass is 14.0. The SMILES string of the molecule is C=C(C)C=CC=C(C)c1ccc(-c2cccc(C)c2)cc1. The molecule has 0 saturated heterocycles. The van der Waals surface area contributed by atoms with Gasteiger partial charge in [0.05, 0.1) is 0 Å². The predicted molar refractivity (Wildman–Crippen MR) is 94.2 cm³/mol. The zero-order valence-electron chi connectivity index (χ0n) is 13.1. The van der Waals surface area contributed by atoms with Crippen LogP contribution >= 0.6 is 0 Å². The molecule has 0 aliphatic rings. The number of rotatable bonds is 4. The first-order valence-corrected chi connectivity index (χ1v) is 7.24. The summed E-state index contributed by atoms with van der Waals surface area (Å²) in [6.07, 6.45) is 6.19. The Morgan fingerprint density at radius 3 is 2.29 bits per heavy atom. The Balaban J connectivity index is 2.21. The van der Waals surface area contributed by atoms with Gasteiger partial charge in [-0.1, -0.05) is 84.5 Å². The number of hydrogen-bond acceptors (Lipinski definition) is 0. The second-order valence-corrected chi connectivity index (χ2v) is 5.50. The maximum Gasteiger partial charge on any atom is -0.0181 e. The molecular formula is C21H22. The Bertz CT molecular complexity index is 682. The minimum absolute atomic E-state index is 1.06. The van der Waals surface area contributed by atoms with Gasteiger partial charge in [-0.3, -0.25) is 0 Å². The topological polar surface area (TPSA) is 0 Å². The van der Waals surface area contributed by atoms with Crippen molar-refractivity contribution in [3.8, 4) is 11.1 Å². The van der Waals surface area contributed by atoms with Crippen LogP contribution in [0.4, 0.5) is 0 Å². The van der Waals surface area contributed by atoms with E-state index in [0.717, 1.165) is 5.57 Å². The van der Waals surface area contributed by atoms with Crippen molar-refractivity contribution in [3.05, 3.63) is 90.0 Å². The van der Waals surface area contributed by atoms with Crippen molar-refractivity contribution in [1.29, 1.82) is 0 Å². The first-order valence-electron chi connectivity index (χ1n) is 7.24. The first kappa shape index (κ1) is 15.1. The molecule has 0 bridgehead atoms. The third-order valence-electron chi connectivity index (χ3n) is 3.42. The molecule has 0 heterocycles. The molecule has 0 N–H and O–H groups in total. The molecule has 2 aromatic rings. The van der Waals surface area contributed by atoms with Crippen molar-refractivity contribution >= 4 is 5.57 Å². The zero-order chi connectivity index (χ0) is 15.2. The second kappa shape index (κ2) is 6.90. The van der Waals surface area contributed by atoms with Crippen LogP contribution in [0.1, 0.15) is 25.0 Å². The maximum absolute atomic E-state index is 3.86. The molecule has 2 aromatic carbocycles. The monoisotopic (exact) mass is 274 g/mol. The van der Waals surface area contributed by atoms with Crippen LogP contribution in [0.5, 0.6) is 0 Å². The van der Waals surface area contributed by atoms with E-state index in [0.29, 0.717) is 0 Å². The van der Waals surface area contributed by atoms with Crippen LogP contribution in [0.25, 0.3) is 16.7 Å². The molecule has 0 atom stereocenters. The quantitative estimate of drug-likeness (QED) is 0.582. The van der Waals surface area contributed by atoms with Crippen LogP contribution in [0.3, 0.4) is 0 Å². The largest absolute Gasteiger partial charge is 0.0961 e. The Kier molecular flexibility index (Phi) is 4.94. The fraction of sp³-hybridized carbons (Fsp3) is 0.143. The Morgan fingerprint density at radius 1 is 0.952 bits per heavy atom. The van der Waals surface area contributed by atoms with Crippen molar-refractivity contribution in [3.63, 3.8) is 0 Å². The molecule has 0 aromatic heterocycles. The van der Waals surface area contributed by atoms with Gasteiger partial charge in [-0.05, 0) is 43.0 Å². The lowest BCUT2D eigenvalue weighted by Crippen LogP contribution is -1.82. The third kappa shape index (κ3) is 4.32. The maximum atomic E-state index is 3.86. The smallest absolute Gasteiger partial charge is 0.0181 e. The Hall–Kier alpha value is -2.34. The van der Waals surface area contributed by atoms with Crippen LogP contribution in [0, 0.1) is 6.92 Å². The fourth-order valence-corrected chi connectivity index (χ4v) is 2.20. The summed E-state index contributed by atoms with van der Waals surface area (Å²) in [5.41, 5.74) is 7.38. The summed E-state index contributed by atoms with van der Waals surface area (Å²) in [5, 5.41) is 0. The van der Waals surface area contributed by atoms with Gasteiger partial charge < -0.3 is 0 Å². The van der Waals surface area contributed by atoms with Crippen molar-refractivity contribution in [2.24, 2.45) is 0 Å². The van der Waals surface area contributed by atoms with Crippen LogP contribution in [0.15, 0.2) is 78.9 Å². The fourth-order valence-electron chi connectivity index (χ4n) is 2.20. The first-order chi connectivity index (χ1) is 10.1. The molecule has 0 aliphatic carbocycles. The van der Waals surface area contributed by atoms with Crippen LogP contribution in [0.2, 0.25) is 0 Å². The van der Waals surface area contributed by atoms with E-state index in [-0.39, 0.29) is 0 Å². The van der Waals surface area contributed by atoms with Gasteiger partial charge in [0.1, 0.15) is 0 Å². The number of allylic oxidation sites excluding steroid dienone is 5. The van der Waals surface area contributed by atoms with Crippen molar-refractivity contribution in [1.82, 2.24) is 0 Å². The van der Waals surface area contributed by atoms with Gasteiger partial charge in [-0.25, -0.2) is 0 Å². The standard InChI is InChI=1S/C21H22/c1-16(2)7-5-9-18(4)19-11-13-20(14-12-19)21-10-6-8-17(3)15-21/h5-15H,1H2,2-4H3. The second-order valence-electron chi connectivity index (χ2n) is 5.50. The summed E-state index contributed by atoms with van der Waals surface area (Å²) in [6, 6.07) is 17.3. The molecule has 2 rings (SSSR count). The highest BCUT2D eigenvalue weighted by molar-refractivity contribution is 5.70. The average molecular weight is 274 g/mol. The van der Waals surface area contributed by atoms with Crippen LogP contribution in [-0.2, 0) is 0 Å². The molecule has 0 unspecified atom stereocenters. The molecule has 0 nitrogen and oxygen atoms in total. The normalized spacial score (nSPS) is 11.9. The molecule has 21 heavy (non-hydrogen) atoms. The Labute approximate surface area is 128 Å². The lowest BCUT2D eigenvalue weighted by Gasteiger charge is -2.05. The van der Waals surface area contributed by atoms with E-state index in [9.17, 15) is 0 Å². The number of aryl methyl sites for hydroxylation is 1. The lowest BCUT2D eigenvalue weighted by atomic mass is 10.00. The zero-order valence-corrected chi connectivity index (χ0v) is 13.1. The highest BCUT2D eigenvalue weighted by Gasteiger charge is 1.99. The van der Waals surface area contributed by atoms with Gasteiger partial charge >= 0.3 is 0 Å². The van der Waals surface area contributed by atoms with Gasteiger partial charge in [-0.15, -0.1) is 0 Å².